The summed E-state index contributed by atoms with van der Waals surface area (Å²) in [5, 5.41) is 3.81. The van der Waals surface area contributed by atoms with Crippen molar-refractivity contribution >= 4 is 0 Å². The summed E-state index contributed by atoms with van der Waals surface area (Å²) >= 11 is 0. The van der Waals surface area contributed by atoms with Crippen molar-refractivity contribution in [2.45, 2.75) is 65.3 Å². The molecule has 0 aromatic carbocycles. The summed E-state index contributed by atoms with van der Waals surface area (Å²) in [6.07, 6.45) is 6.81. The summed E-state index contributed by atoms with van der Waals surface area (Å²) in [6, 6.07) is 0. The van der Waals surface area contributed by atoms with Crippen molar-refractivity contribution in [2.24, 2.45) is 11.3 Å². The van der Waals surface area contributed by atoms with Crippen LogP contribution in [-0.4, -0.2) is 36.6 Å². The molecule has 0 radical (unpaired) electrons. The molecular weight excluding hydrogens is 220 g/mol. The normalized spacial score (nSPS) is 34.3. The van der Waals surface area contributed by atoms with Gasteiger partial charge in [0.1, 0.15) is 0 Å². The van der Waals surface area contributed by atoms with E-state index in [-0.39, 0.29) is 0 Å². The maximum absolute atomic E-state index is 3.81. The summed E-state index contributed by atoms with van der Waals surface area (Å²) in [4.78, 5) is 2.73. The van der Waals surface area contributed by atoms with Crippen molar-refractivity contribution < 1.29 is 0 Å². The standard InChI is InChI=1S/C16H32N2/c1-5-8-16(9-6-10-17-16)13-18-11-7-14(12-18)15(2,3)4/h14,17H,5-13H2,1-4H3. The number of nitrogens with zero attached hydrogens (tertiary/aromatic N) is 1. The molecule has 2 nitrogen and oxygen atoms in total. The maximum Gasteiger partial charge on any atom is 0.0309 e. The van der Waals surface area contributed by atoms with Crippen LogP contribution in [0.5, 0.6) is 0 Å². The van der Waals surface area contributed by atoms with Gasteiger partial charge in [-0.15, -0.1) is 0 Å². The van der Waals surface area contributed by atoms with Crippen LogP contribution in [0.2, 0.25) is 0 Å². The second kappa shape index (κ2) is 5.50. The predicted octanol–water partition coefficient (Wildman–Crippen LogP) is 3.28. The van der Waals surface area contributed by atoms with E-state index in [4.69, 9.17) is 0 Å². The number of hydrogen-bond acceptors (Lipinski definition) is 2. The van der Waals surface area contributed by atoms with Crippen LogP contribution < -0.4 is 5.32 Å². The third kappa shape index (κ3) is 3.27. The number of nitrogens with one attached hydrogen (secondary N) is 1. The van der Waals surface area contributed by atoms with E-state index >= 15 is 0 Å². The van der Waals surface area contributed by atoms with Gasteiger partial charge in [0.25, 0.3) is 0 Å². The molecule has 2 saturated heterocycles. The van der Waals surface area contributed by atoms with Gasteiger partial charge in [0, 0.05) is 18.6 Å². The molecule has 0 aliphatic carbocycles. The largest absolute Gasteiger partial charge is 0.310 e. The highest BCUT2D eigenvalue weighted by Crippen LogP contribution is 2.35. The lowest BCUT2D eigenvalue weighted by atomic mass is 9.80. The molecule has 18 heavy (non-hydrogen) atoms. The fraction of sp³-hybridized carbons (Fsp3) is 1.00. The van der Waals surface area contributed by atoms with Crippen molar-refractivity contribution in [3.63, 3.8) is 0 Å². The molecule has 2 aliphatic heterocycles. The van der Waals surface area contributed by atoms with Crippen LogP contribution in [0.4, 0.5) is 0 Å². The Kier molecular flexibility index (Phi) is 4.38. The Balaban J connectivity index is 1.90. The lowest BCUT2D eigenvalue weighted by Gasteiger charge is -2.35. The topological polar surface area (TPSA) is 15.3 Å². The van der Waals surface area contributed by atoms with E-state index in [1.54, 1.807) is 0 Å². The van der Waals surface area contributed by atoms with Crippen LogP contribution >= 0.6 is 0 Å². The van der Waals surface area contributed by atoms with Crippen molar-refractivity contribution in [2.75, 3.05) is 26.2 Å². The zero-order valence-corrected chi connectivity index (χ0v) is 12.9. The molecule has 0 saturated carbocycles. The van der Waals surface area contributed by atoms with E-state index in [0.717, 1.165) is 5.92 Å². The maximum atomic E-state index is 3.81. The van der Waals surface area contributed by atoms with Crippen LogP contribution in [0.15, 0.2) is 0 Å². The molecule has 2 unspecified atom stereocenters. The number of rotatable bonds is 4. The monoisotopic (exact) mass is 252 g/mol. The van der Waals surface area contributed by atoms with Crippen molar-refractivity contribution in [3.05, 3.63) is 0 Å². The van der Waals surface area contributed by atoms with Crippen molar-refractivity contribution in [1.29, 1.82) is 0 Å². The first-order valence-electron chi connectivity index (χ1n) is 7.93. The van der Waals surface area contributed by atoms with E-state index < -0.39 is 0 Å². The van der Waals surface area contributed by atoms with Gasteiger partial charge in [-0.05, 0) is 50.1 Å². The highest BCUT2D eigenvalue weighted by atomic mass is 15.2. The molecule has 2 heteroatoms. The molecule has 2 fully saturated rings. The van der Waals surface area contributed by atoms with Gasteiger partial charge in [-0.1, -0.05) is 34.1 Å². The molecule has 1 N–H and O–H groups in total. The molecule has 106 valence electrons. The third-order valence-electron chi connectivity index (χ3n) is 5.08. The van der Waals surface area contributed by atoms with Crippen LogP contribution in [0.25, 0.3) is 0 Å². The Morgan fingerprint density at radius 1 is 1.33 bits per heavy atom. The van der Waals surface area contributed by atoms with Gasteiger partial charge in [-0.25, -0.2) is 0 Å². The summed E-state index contributed by atoms with van der Waals surface area (Å²) in [5.41, 5.74) is 0.928. The van der Waals surface area contributed by atoms with Gasteiger partial charge < -0.3 is 10.2 Å². The Hall–Kier alpha value is -0.0800. The van der Waals surface area contributed by atoms with Crippen molar-refractivity contribution in [3.8, 4) is 0 Å². The summed E-state index contributed by atoms with van der Waals surface area (Å²) < 4.78 is 0. The van der Waals surface area contributed by atoms with Gasteiger partial charge in [-0.2, -0.15) is 0 Å². The Morgan fingerprint density at radius 3 is 2.61 bits per heavy atom. The lowest BCUT2D eigenvalue weighted by molar-refractivity contribution is 0.184. The highest BCUT2D eigenvalue weighted by molar-refractivity contribution is 4.97. The van der Waals surface area contributed by atoms with Crippen molar-refractivity contribution in [1.82, 2.24) is 10.2 Å². The summed E-state index contributed by atoms with van der Waals surface area (Å²) in [7, 11) is 0. The number of likely N-dealkylation sites (tertiary alicyclic amines) is 1. The first-order chi connectivity index (χ1) is 8.45. The van der Waals surface area contributed by atoms with E-state index in [9.17, 15) is 0 Å². The van der Waals surface area contributed by atoms with Gasteiger partial charge in [0.15, 0.2) is 0 Å². The van der Waals surface area contributed by atoms with Crippen LogP contribution in [-0.2, 0) is 0 Å². The zero-order chi connectivity index (χ0) is 13.2. The fourth-order valence-electron chi connectivity index (χ4n) is 3.89. The molecule has 0 aromatic heterocycles. The van der Waals surface area contributed by atoms with Crippen LogP contribution in [0, 0.1) is 11.3 Å². The fourth-order valence-corrected chi connectivity index (χ4v) is 3.89. The van der Waals surface area contributed by atoms with Crippen LogP contribution in [0.1, 0.15) is 59.8 Å². The molecule has 0 bridgehead atoms. The van der Waals surface area contributed by atoms with E-state index in [0.29, 0.717) is 11.0 Å². The second-order valence-electron chi connectivity index (χ2n) is 7.65. The Bertz CT molecular complexity index is 261. The second-order valence-corrected chi connectivity index (χ2v) is 7.65. The first-order valence-corrected chi connectivity index (χ1v) is 7.93. The van der Waals surface area contributed by atoms with E-state index in [2.05, 4.69) is 37.9 Å². The number of hydrogen-bond donors (Lipinski definition) is 1. The highest BCUT2D eigenvalue weighted by Gasteiger charge is 2.38. The average Bonchev–Trinajstić information content (AvgIpc) is 2.88. The van der Waals surface area contributed by atoms with E-state index in [1.165, 1.54) is 58.3 Å². The first kappa shape index (κ1) is 14.3. The predicted molar refractivity (Wildman–Crippen MR) is 78.9 cm³/mol. The molecule has 0 amide bonds. The molecule has 0 spiro atoms. The third-order valence-corrected chi connectivity index (χ3v) is 5.08. The molecule has 2 rings (SSSR count). The van der Waals surface area contributed by atoms with Crippen LogP contribution in [0.3, 0.4) is 0 Å². The smallest absolute Gasteiger partial charge is 0.0309 e. The minimum absolute atomic E-state index is 0.446. The Morgan fingerprint density at radius 2 is 2.11 bits per heavy atom. The summed E-state index contributed by atoms with van der Waals surface area (Å²) in [5.74, 6) is 0.887. The van der Waals surface area contributed by atoms with E-state index in [1.807, 2.05) is 0 Å². The molecule has 2 heterocycles. The summed E-state index contributed by atoms with van der Waals surface area (Å²) in [6.45, 7) is 14.7. The average molecular weight is 252 g/mol. The zero-order valence-electron chi connectivity index (χ0n) is 12.9. The molecule has 0 aromatic rings. The molecule has 2 atom stereocenters. The minimum Gasteiger partial charge on any atom is -0.310 e. The quantitative estimate of drug-likeness (QED) is 0.826. The van der Waals surface area contributed by atoms with Gasteiger partial charge >= 0.3 is 0 Å². The lowest BCUT2D eigenvalue weighted by Crippen LogP contribution is -2.49. The van der Waals surface area contributed by atoms with Gasteiger partial charge in [0.05, 0.1) is 0 Å². The Labute approximate surface area is 114 Å². The minimum atomic E-state index is 0.446. The SMILES string of the molecule is CCCC1(CN2CCC(C(C)(C)C)C2)CCCN1. The molecular formula is C16H32N2. The van der Waals surface area contributed by atoms with Gasteiger partial charge in [0.2, 0.25) is 0 Å². The van der Waals surface area contributed by atoms with Gasteiger partial charge in [-0.3, -0.25) is 0 Å². The molecule has 2 aliphatic rings.